The fourth-order valence-electron chi connectivity index (χ4n) is 2.29. The number of rotatable bonds is 2. The standard InChI is InChI=1S/C14H15NO4/c1-7(16)10-12(15(2)3)13(18)8-5-4-6-9(17)11(8)14(10)19/h4-7,16-17H,1-3H3/t7-/m0/s1. The maximum atomic E-state index is 12.4. The van der Waals surface area contributed by atoms with Crippen molar-refractivity contribution in [3.8, 4) is 5.75 Å². The van der Waals surface area contributed by atoms with E-state index in [-0.39, 0.29) is 33.9 Å². The summed E-state index contributed by atoms with van der Waals surface area (Å²) >= 11 is 0. The summed E-state index contributed by atoms with van der Waals surface area (Å²) in [6, 6.07) is 4.36. The number of carbonyl (C=O) groups is 2. The molecule has 0 unspecified atom stereocenters. The van der Waals surface area contributed by atoms with Crippen LogP contribution in [0.2, 0.25) is 0 Å². The average Bonchev–Trinajstić information content (AvgIpc) is 2.32. The second kappa shape index (κ2) is 4.51. The molecule has 1 atom stereocenters. The summed E-state index contributed by atoms with van der Waals surface area (Å²) in [5.74, 6) is -1.12. The summed E-state index contributed by atoms with van der Waals surface area (Å²) in [4.78, 5) is 26.3. The van der Waals surface area contributed by atoms with Gasteiger partial charge >= 0.3 is 0 Å². The van der Waals surface area contributed by atoms with Crippen LogP contribution in [-0.4, -0.2) is 46.9 Å². The van der Waals surface area contributed by atoms with Crippen molar-refractivity contribution in [3.05, 3.63) is 40.6 Å². The molecule has 5 heteroatoms. The van der Waals surface area contributed by atoms with Crippen molar-refractivity contribution in [1.29, 1.82) is 0 Å². The molecule has 0 saturated heterocycles. The molecule has 1 aromatic carbocycles. The van der Waals surface area contributed by atoms with Crippen molar-refractivity contribution in [3.63, 3.8) is 0 Å². The van der Waals surface area contributed by atoms with Crippen LogP contribution in [-0.2, 0) is 0 Å². The highest BCUT2D eigenvalue weighted by Crippen LogP contribution is 2.33. The van der Waals surface area contributed by atoms with Crippen LogP contribution in [0.1, 0.15) is 27.6 Å². The van der Waals surface area contributed by atoms with Crippen LogP contribution in [0, 0.1) is 0 Å². The number of carbonyl (C=O) groups excluding carboxylic acids is 2. The van der Waals surface area contributed by atoms with Gasteiger partial charge in [-0.15, -0.1) is 0 Å². The summed E-state index contributed by atoms with van der Waals surface area (Å²) in [6.07, 6.45) is -1.08. The summed E-state index contributed by atoms with van der Waals surface area (Å²) in [6.45, 7) is 1.43. The molecule has 100 valence electrons. The number of likely N-dealkylation sites (N-methyl/N-ethyl adjacent to an activating group) is 1. The molecule has 0 amide bonds. The van der Waals surface area contributed by atoms with Gasteiger partial charge in [0, 0.05) is 19.7 Å². The van der Waals surface area contributed by atoms with Crippen LogP contribution in [0.4, 0.5) is 0 Å². The molecule has 0 fully saturated rings. The number of phenols is 1. The van der Waals surface area contributed by atoms with E-state index in [0.717, 1.165) is 0 Å². The molecule has 1 aliphatic carbocycles. The highest BCUT2D eigenvalue weighted by Gasteiger charge is 2.36. The van der Waals surface area contributed by atoms with E-state index in [9.17, 15) is 19.8 Å². The minimum Gasteiger partial charge on any atom is -0.507 e. The van der Waals surface area contributed by atoms with Gasteiger partial charge in [-0.25, -0.2) is 0 Å². The van der Waals surface area contributed by atoms with Crippen LogP contribution in [0.25, 0.3) is 0 Å². The van der Waals surface area contributed by atoms with Gasteiger partial charge in [0.15, 0.2) is 5.78 Å². The number of benzene rings is 1. The van der Waals surface area contributed by atoms with Crippen molar-refractivity contribution < 1.29 is 19.8 Å². The van der Waals surface area contributed by atoms with E-state index >= 15 is 0 Å². The molecule has 0 bridgehead atoms. The van der Waals surface area contributed by atoms with Crippen LogP contribution < -0.4 is 0 Å². The van der Waals surface area contributed by atoms with Gasteiger partial charge in [0.1, 0.15) is 5.75 Å². The Bertz CT molecular complexity index is 599. The number of phenolic OH excluding ortho intramolecular Hbond substituents is 1. The zero-order valence-electron chi connectivity index (χ0n) is 11.0. The number of fused-ring (bicyclic) bond motifs is 1. The third-order valence-electron chi connectivity index (χ3n) is 3.09. The molecule has 19 heavy (non-hydrogen) atoms. The van der Waals surface area contributed by atoms with Crippen LogP contribution in [0.3, 0.4) is 0 Å². The highest BCUT2D eigenvalue weighted by molar-refractivity contribution is 6.27. The number of ketones is 2. The van der Waals surface area contributed by atoms with Crippen molar-refractivity contribution in [2.24, 2.45) is 0 Å². The monoisotopic (exact) mass is 261 g/mol. The van der Waals surface area contributed by atoms with Gasteiger partial charge in [-0.3, -0.25) is 9.59 Å². The van der Waals surface area contributed by atoms with Gasteiger partial charge in [0.05, 0.1) is 22.9 Å². The molecular formula is C14H15NO4. The number of aromatic hydroxyl groups is 1. The first-order chi connectivity index (χ1) is 8.86. The highest BCUT2D eigenvalue weighted by atomic mass is 16.3. The maximum Gasteiger partial charge on any atom is 0.210 e. The SMILES string of the molecule is C[C@H](O)C1=C(N(C)C)C(=O)c2cccc(O)c2C1=O. The van der Waals surface area contributed by atoms with Crippen LogP contribution >= 0.6 is 0 Å². The van der Waals surface area contributed by atoms with E-state index in [0.29, 0.717) is 0 Å². The van der Waals surface area contributed by atoms with Gasteiger partial charge in [0.2, 0.25) is 5.78 Å². The van der Waals surface area contributed by atoms with Gasteiger partial charge in [-0.1, -0.05) is 6.07 Å². The largest absolute Gasteiger partial charge is 0.507 e. The molecule has 1 aromatic rings. The van der Waals surface area contributed by atoms with Gasteiger partial charge in [-0.2, -0.15) is 0 Å². The lowest BCUT2D eigenvalue weighted by atomic mass is 9.84. The quantitative estimate of drug-likeness (QED) is 0.829. The van der Waals surface area contributed by atoms with Gasteiger partial charge in [0.25, 0.3) is 0 Å². The third-order valence-corrected chi connectivity index (χ3v) is 3.09. The van der Waals surface area contributed by atoms with Crippen molar-refractivity contribution in [2.45, 2.75) is 13.0 Å². The number of Topliss-reactive ketones (excluding diaryl/α,β-unsaturated/α-hetero) is 2. The van der Waals surface area contributed by atoms with Gasteiger partial charge < -0.3 is 15.1 Å². The Labute approximate surface area is 110 Å². The minimum absolute atomic E-state index is 0.0176. The molecule has 0 aromatic heterocycles. The van der Waals surface area contributed by atoms with E-state index in [2.05, 4.69) is 0 Å². The molecular weight excluding hydrogens is 246 g/mol. The average molecular weight is 261 g/mol. The summed E-state index contributed by atoms with van der Waals surface area (Å²) in [7, 11) is 3.27. The lowest BCUT2D eigenvalue weighted by molar-refractivity contribution is 0.0918. The van der Waals surface area contributed by atoms with E-state index in [4.69, 9.17) is 0 Å². The van der Waals surface area contributed by atoms with Crippen LogP contribution in [0.15, 0.2) is 29.5 Å². The molecule has 0 saturated carbocycles. The third kappa shape index (κ3) is 1.92. The lowest BCUT2D eigenvalue weighted by Crippen LogP contribution is -2.33. The number of hydrogen-bond donors (Lipinski definition) is 2. The fraction of sp³-hybridized carbons (Fsp3) is 0.286. The summed E-state index contributed by atoms with van der Waals surface area (Å²) < 4.78 is 0. The van der Waals surface area contributed by atoms with Crippen molar-refractivity contribution >= 4 is 11.6 Å². The Hall–Kier alpha value is -2.14. The topological polar surface area (TPSA) is 77.8 Å². The van der Waals surface area contributed by atoms with E-state index in [1.165, 1.54) is 30.0 Å². The Balaban J connectivity index is 2.78. The predicted octanol–water partition coefficient (Wildman–Crippen LogP) is 0.968. The Morgan fingerprint density at radius 2 is 1.79 bits per heavy atom. The second-order valence-corrected chi connectivity index (χ2v) is 4.69. The molecule has 5 nitrogen and oxygen atoms in total. The van der Waals surface area contributed by atoms with Crippen LogP contribution in [0.5, 0.6) is 5.75 Å². The molecule has 2 N–H and O–H groups in total. The number of aliphatic hydroxyl groups is 1. The Kier molecular flexibility index (Phi) is 3.16. The summed E-state index contributed by atoms with van der Waals surface area (Å²) in [5, 5.41) is 19.5. The normalized spacial score (nSPS) is 16.4. The fourth-order valence-corrected chi connectivity index (χ4v) is 2.29. The Morgan fingerprint density at radius 3 is 2.32 bits per heavy atom. The predicted molar refractivity (Wildman–Crippen MR) is 69.2 cm³/mol. The zero-order valence-corrected chi connectivity index (χ0v) is 11.0. The minimum atomic E-state index is -1.08. The molecule has 0 heterocycles. The molecule has 0 spiro atoms. The number of allylic oxidation sites excluding steroid dienone is 1. The molecule has 0 radical (unpaired) electrons. The van der Waals surface area contributed by atoms with E-state index in [1.807, 2.05) is 0 Å². The van der Waals surface area contributed by atoms with Crippen molar-refractivity contribution in [1.82, 2.24) is 4.90 Å². The number of hydrogen-bond acceptors (Lipinski definition) is 5. The smallest absolute Gasteiger partial charge is 0.210 e. The van der Waals surface area contributed by atoms with Gasteiger partial charge in [-0.05, 0) is 19.1 Å². The molecule has 0 aliphatic heterocycles. The summed E-state index contributed by atoms with van der Waals surface area (Å²) in [5.41, 5.74) is 0.314. The number of nitrogens with zero attached hydrogens (tertiary/aromatic N) is 1. The zero-order chi connectivity index (χ0) is 14.3. The van der Waals surface area contributed by atoms with Crippen molar-refractivity contribution in [2.75, 3.05) is 14.1 Å². The maximum absolute atomic E-state index is 12.4. The first-order valence-electron chi connectivity index (χ1n) is 5.87. The molecule has 2 rings (SSSR count). The lowest BCUT2D eigenvalue weighted by Gasteiger charge is -2.27. The van der Waals surface area contributed by atoms with E-state index in [1.54, 1.807) is 14.1 Å². The Morgan fingerprint density at radius 1 is 1.16 bits per heavy atom. The van der Waals surface area contributed by atoms with E-state index < -0.39 is 11.9 Å². The molecule has 1 aliphatic rings. The first kappa shape index (κ1) is 13.3. The first-order valence-corrected chi connectivity index (χ1v) is 5.87. The second-order valence-electron chi connectivity index (χ2n) is 4.69. The number of aliphatic hydroxyl groups excluding tert-OH is 1.